The molecule has 0 bridgehead atoms. The average Bonchev–Trinajstić information content (AvgIpc) is 2.29. The van der Waals surface area contributed by atoms with Crippen molar-refractivity contribution in [2.24, 2.45) is 0 Å². The van der Waals surface area contributed by atoms with E-state index in [4.69, 9.17) is 9.47 Å². The van der Waals surface area contributed by atoms with Crippen molar-refractivity contribution >= 4 is 5.57 Å². The van der Waals surface area contributed by atoms with Gasteiger partial charge in [0.05, 0.1) is 25.6 Å². The van der Waals surface area contributed by atoms with E-state index in [0.717, 1.165) is 6.26 Å². The summed E-state index contributed by atoms with van der Waals surface area (Å²) in [5, 5.41) is 0. The summed E-state index contributed by atoms with van der Waals surface area (Å²) in [6.07, 6.45) is -3.70. The van der Waals surface area contributed by atoms with Gasteiger partial charge in [0.25, 0.3) is 0 Å². The van der Waals surface area contributed by atoms with Crippen LogP contribution in [0.1, 0.15) is 12.5 Å². The number of rotatable bonds is 4. The molecule has 0 unspecified atom stereocenters. The first kappa shape index (κ1) is 13.4. The molecule has 0 amide bonds. The van der Waals surface area contributed by atoms with Gasteiger partial charge in [0.2, 0.25) is 0 Å². The first-order valence-electron chi connectivity index (χ1n) is 5.02. The molecule has 5 heteroatoms. The molecular formula is C12H13F3O2. The van der Waals surface area contributed by atoms with Crippen LogP contribution in [0.15, 0.2) is 30.5 Å². The molecule has 0 aliphatic rings. The number of methoxy groups -OCH3 is 1. The van der Waals surface area contributed by atoms with E-state index in [1.54, 1.807) is 6.92 Å². The van der Waals surface area contributed by atoms with Crippen molar-refractivity contribution in [1.29, 1.82) is 0 Å². The van der Waals surface area contributed by atoms with Gasteiger partial charge in [0.1, 0.15) is 5.75 Å². The zero-order valence-corrected chi connectivity index (χ0v) is 9.54. The summed E-state index contributed by atoms with van der Waals surface area (Å²) in [5.41, 5.74) is -0.756. The number of halogens is 3. The lowest BCUT2D eigenvalue weighted by atomic mass is 10.1. The van der Waals surface area contributed by atoms with Gasteiger partial charge in [-0.1, -0.05) is 12.1 Å². The third kappa shape index (κ3) is 3.69. The molecule has 0 atom stereocenters. The van der Waals surface area contributed by atoms with Crippen LogP contribution < -0.4 is 4.74 Å². The Kier molecular flexibility index (Phi) is 4.43. The summed E-state index contributed by atoms with van der Waals surface area (Å²) in [5.74, 6) is 0.506. The van der Waals surface area contributed by atoms with Crippen LogP contribution in [0.25, 0.3) is 5.57 Å². The summed E-state index contributed by atoms with van der Waals surface area (Å²) in [6.45, 7) is 1.81. The van der Waals surface area contributed by atoms with Crippen LogP contribution in [0.5, 0.6) is 5.75 Å². The zero-order chi connectivity index (χ0) is 12.9. The van der Waals surface area contributed by atoms with E-state index in [1.807, 2.05) is 0 Å². The Morgan fingerprint density at radius 2 is 1.82 bits per heavy atom. The fourth-order valence-corrected chi connectivity index (χ4v) is 1.24. The monoisotopic (exact) mass is 246 g/mol. The molecule has 0 N–H and O–H groups in total. The van der Waals surface area contributed by atoms with Gasteiger partial charge in [-0.3, -0.25) is 0 Å². The van der Waals surface area contributed by atoms with Crippen LogP contribution in [0.4, 0.5) is 13.2 Å². The second-order valence-corrected chi connectivity index (χ2v) is 3.21. The van der Waals surface area contributed by atoms with E-state index in [0.29, 0.717) is 5.75 Å². The molecule has 0 radical (unpaired) electrons. The number of hydrogen-bond donors (Lipinski definition) is 0. The molecule has 1 aromatic carbocycles. The zero-order valence-electron chi connectivity index (χ0n) is 9.54. The van der Waals surface area contributed by atoms with E-state index < -0.39 is 11.7 Å². The Balaban J connectivity index is 3.05. The van der Waals surface area contributed by atoms with E-state index in [2.05, 4.69) is 0 Å². The van der Waals surface area contributed by atoms with E-state index >= 15 is 0 Å². The molecule has 0 heterocycles. The maximum absolute atomic E-state index is 12.7. The average molecular weight is 246 g/mol. The minimum Gasteiger partial charge on any atom is -0.501 e. The summed E-state index contributed by atoms with van der Waals surface area (Å²) in [6, 6.07) is 5.63. The molecule has 1 rings (SSSR count). The van der Waals surface area contributed by atoms with Crippen molar-refractivity contribution in [2.45, 2.75) is 13.1 Å². The highest BCUT2D eigenvalue weighted by Gasteiger charge is 2.35. The quantitative estimate of drug-likeness (QED) is 0.755. The third-order valence-electron chi connectivity index (χ3n) is 2.07. The van der Waals surface area contributed by atoms with Crippen LogP contribution >= 0.6 is 0 Å². The van der Waals surface area contributed by atoms with Crippen LogP contribution in [-0.2, 0) is 4.74 Å². The Morgan fingerprint density at radius 1 is 1.24 bits per heavy atom. The fraction of sp³-hybridized carbons (Fsp3) is 0.333. The molecule has 0 saturated heterocycles. The lowest BCUT2D eigenvalue weighted by Crippen LogP contribution is -2.11. The molecule has 94 valence electrons. The number of alkyl halides is 3. The maximum atomic E-state index is 12.7. The largest absolute Gasteiger partial charge is 0.501 e. The minimum absolute atomic E-state index is 0.0479. The Morgan fingerprint density at radius 3 is 2.24 bits per heavy atom. The number of hydrogen-bond acceptors (Lipinski definition) is 2. The van der Waals surface area contributed by atoms with Gasteiger partial charge in [-0.15, -0.1) is 0 Å². The predicted octanol–water partition coefficient (Wildman–Crippen LogP) is 3.63. The standard InChI is InChI=1S/C12H13F3O2/c1-3-17-8-11(12(13,14)15)9-4-6-10(16-2)7-5-9/h4-8H,3H2,1-2H3/b11-8+. The van der Waals surface area contributed by atoms with Gasteiger partial charge in [0, 0.05) is 0 Å². The van der Waals surface area contributed by atoms with Crippen molar-refractivity contribution in [3.05, 3.63) is 36.1 Å². The van der Waals surface area contributed by atoms with E-state index in [9.17, 15) is 13.2 Å². The van der Waals surface area contributed by atoms with Crippen molar-refractivity contribution in [3.8, 4) is 5.75 Å². The number of allylic oxidation sites excluding steroid dienone is 1. The summed E-state index contributed by atoms with van der Waals surface area (Å²) in [7, 11) is 1.45. The third-order valence-corrected chi connectivity index (χ3v) is 2.07. The van der Waals surface area contributed by atoms with Crippen LogP contribution in [0.2, 0.25) is 0 Å². The summed E-state index contributed by atoms with van der Waals surface area (Å²) < 4.78 is 47.8. The second-order valence-electron chi connectivity index (χ2n) is 3.21. The van der Waals surface area contributed by atoms with Crippen molar-refractivity contribution in [3.63, 3.8) is 0 Å². The molecule has 0 saturated carbocycles. The van der Waals surface area contributed by atoms with Crippen molar-refractivity contribution < 1.29 is 22.6 Å². The number of benzene rings is 1. The lowest BCUT2D eigenvalue weighted by Gasteiger charge is -2.12. The maximum Gasteiger partial charge on any atom is 0.419 e. The van der Waals surface area contributed by atoms with Crippen LogP contribution in [0, 0.1) is 0 Å². The normalized spacial score (nSPS) is 12.4. The fourth-order valence-electron chi connectivity index (χ4n) is 1.24. The Hall–Kier alpha value is -1.65. The SMILES string of the molecule is CCO/C=C(\c1ccc(OC)cc1)C(F)(F)F. The summed E-state index contributed by atoms with van der Waals surface area (Å²) >= 11 is 0. The highest BCUT2D eigenvalue weighted by Crippen LogP contribution is 2.34. The van der Waals surface area contributed by atoms with Gasteiger partial charge in [-0.05, 0) is 24.6 Å². The molecule has 0 aliphatic heterocycles. The predicted molar refractivity (Wildman–Crippen MR) is 58.7 cm³/mol. The molecule has 1 aromatic rings. The van der Waals surface area contributed by atoms with Gasteiger partial charge >= 0.3 is 6.18 Å². The highest BCUT2D eigenvalue weighted by atomic mass is 19.4. The highest BCUT2D eigenvalue weighted by molar-refractivity contribution is 5.69. The Bertz CT molecular complexity index is 380. The van der Waals surface area contributed by atoms with Gasteiger partial charge in [-0.2, -0.15) is 13.2 Å². The minimum atomic E-state index is -4.44. The first-order valence-corrected chi connectivity index (χ1v) is 5.02. The van der Waals surface area contributed by atoms with E-state index in [-0.39, 0.29) is 12.2 Å². The van der Waals surface area contributed by atoms with Gasteiger partial charge in [-0.25, -0.2) is 0 Å². The summed E-state index contributed by atoms with van der Waals surface area (Å²) in [4.78, 5) is 0. The van der Waals surface area contributed by atoms with E-state index in [1.165, 1.54) is 31.4 Å². The molecule has 0 aromatic heterocycles. The van der Waals surface area contributed by atoms with Crippen molar-refractivity contribution in [1.82, 2.24) is 0 Å². The molecular weight excluding hydrogens is 233 g/mol. The molecule has 0 aliphatic carbocycles. The molecule has 0 fully saturated rings. The lowest BCUT2D eigenvalue weighted by molar-refractivity contribution is -0.0703. The molecule has 17 heavy (non-hydrogen) atoms. The van der Waals surface area contributed by atoms with Crippen LogP contribution in [-0.4, -0.2) is 19.9 Å². The van der Waals surface area contributed by atoms with Gasteiger partial charge in [0.15, 0.2) is 0 Å². The number of ether oxygens (including phenoxy) is 2. The molecule has 2 nitrogen and oxygen atoms in total. The topological polar surface area (TPSA) is 18.5 Å². The Labute approximate surface area is 97.7 Å². The second kappa shape index (κ2) is 5.61. The first-order chi connectivity index (χ1) is 7.99. The molecule has 0 spiro atoms. The van der Waals surface area contributed by atoms with Crippen LogP contribution in [0.3, 0.4) is 0 Å². The smallest absolute Gasteiger partial charge is 0.419 e. The van der Waals surface area contributed by atoms with Crippen molar-refractivity contribution in [2.75, 3.05) is 13.7 Å². The van der Waals surface area contributed by atoms with Gasteiger partial charge < -0.3 is 9.47 Å².